The van der Waals surface area contributed by atoms with Gasteiger partial charge < -0.3 is 15.5 Å². The standard InChI is InChI=1S/C25H28N4O2S/c1-2-14-26-25(31)29-15-12-19(13-16-29)24-28-22(17-32-24)23(30)27-21-11-7-6-10-20(21)18-8-4-3-5-9-18/h3-11,17,19H,2,12-16H2,1H3,(H,26,31)(H,27,30). The summed E-state index contributed by atoms with van der Waals surface area (Å²) in [6, 6.07) is 17.8. The monoisotopic (exact) mass is 448 g/mol. The predicted octanol–water partition coefficient (Wildman–Crippen LogP) is 5.36. The lowest BCUT2D eigenvalue weighted by atomic mass is 9.98. The molecular formula is C25H28N4O2S. The number of amides is 3. The van der Waals surface area contributed by atoms with E-state index < -0.39 is 0 Å². The molecule has 0 radical (unpaired) electrons. The van der Waals surface area contributed by atoms with E-state index in [-0.39, 0.29) is 17.9 Å². The van der Waals surface area contributed by atoms with Gasteiger partial charge in [0.1, 0.15) is 5.69 Å². The van der Waals surface area contributed by atoms with Crippen molar-refractivity contribution in [3.63, 3.8) is 0 Å². The van der Waals surface area contributed by atoms with Crippen LogP contribution >= 0.6 is 11.3 Å². The first kappa shape index (κ1) is 22.0. The zero-order chi connectivity index (χ0) is 22.3. The van der Waals surface area contributed by atoms with Gasteiger partial charge in [-0.2, -0.15) is 0 Å². The number of aromatic nitrogens is 1. The molecule has 2 heterocycles. The molecule has 1 aromatic heterocycles. The number of carbonyl (C=O) groups is 2. The molecule has 0 bridgehead atoms. The van der Waals surface area contributed by atoms with E-state index in [4.69, 9.17) is 0 Å². The Bertz CT molecular complexity index is 1060. The van der Waals surface area contributed by atoms with E-state index in [0.717, 1.165) is 41.1 Å². The van der Waals surface area contributed by atoms with Gasteiger partial charge in [0.05, 0.1) is 5.01 Å². The molecule has 6 nitrogen and oxygen atoms in total. The lowest BCUT2D eigenvalue weighted by molar-refractivity contribution is 0.102. The Kier molecular flexibility index (Phi) is 7.17. The smallest absolute Gasteiger partial charge is 0.317 e. The summed E-state index contributed by atoms with van der Waals surface area (Å²) >= 11 is 1.53. The number of hydrogen-bond acceptors (Lipinski definition) is 4. The van der Waals surface area contributed by atoms with E-state index in [2.05, 4.69) is 15.6 Å². The highest BCUT2D eigenvalue weighted by atomic mass is 32.1. The number of hydrogen-bond donors (Lipinski definition) is 2. The van der Waals surface area contributed by atoms with E-state index in [1.165, 1.54) is 11.3 Å². The van der Waals surface area contributed by atoms with E-state index in [1.807, 2.05) is 71.8 Å². The van der Waals surface area contributed by atoms with Crippen LogP contribution in [0.1, 0.15) is 47.6 Å². The van der Waals surface area contributed by atoms with E-state index in [1.54, 1.807) is 0 Å². The van der Waals surface area contributed by atoms with Crippen LogP contribution in [0, 0.1) is 0 Å². The van der Waals surface area contributed by atoms with Crippen LogP contribution in [0.2, 0.25) is 0 Å². The van der Waals surface area contributed by atoms with Crippen LogP contribution in [-0.2, 0) is 0 Å². The van der Waals surface area contributed by atoms with Crippen LogP contribution in [0.4, 0.5) is 10.5 Å². The molecule has 0 unspecified atom stereocenters. The molecule has 1 fully saturated rings. The van der Waals surface area contributed by atoms with Crippen molar-refractivity contribution >= 4 is 29.0 Å². The van der Waals surface area contributed by atoms with Crippen LogP contribution in [0.5, 0.6) is 0 Å². The highest BCUT2D eigenvalue weighted by molar-refractivity contribution is 7.10. The van der Waals surface area contributed by atoms with Crippen molar-refractivity contribution in [2.75, 3.05) is 25.0 Å². The number of carbonyl (C=O) groups excluding carboxylic acids is 2. The van der Waals surface area contributed by atoms with Crippen molar-refractivity contribution in [2.45, 2.75) is 32.1 Å². The zero-order valence-corrected chi connectivity index (χ0v) is 19.0. The number of thiazole rings is 1. The van der Waals surface area contributed by atoms with Gasteiger partial charge in [0, 0.05) is 42.2 Å². The first-order chi connectivity index (χ1) is 15.7. The maximum Gasteiger partial charge on any atom is 0.317 e. The van der Waals surface area contributed by atoms with Crippen LogP contribution in [0.15, 0.2) is 60.0 Å². The molecular weight excluding hydrogens is 420 g/mol. The third-order valence-electron chi connectivity index (χ3n) is 5.67. The van der Waals surface area contributed by atoms with Gasteiger partial charge in [0.25, 0.3) is 5.91 Å². The molecule has 1 saturated heterocycles. The van der Waals surface area contributed by atoms with Crippen molar-refractivity contribution in [1.82, 2.24) is 15.2 Å². The second-order valence-corrected chi connectivity index (χ2v) is 8.82. The van der Waals surface area contributed by atoms with Gasteiger partial charge in [-0.25, -0.2) is 9.78 Å². The summed E-state index contributed by atoms with van der Waals surface area (Å²) in [6.45, 7) is 4.18. The average molecular weight is 449 g/mol. The average Bonchev–Trinajstić information content (AvgIpc) is 3.34. The first-order valence-corrected chi connectivity index (χ1v) is 12.0. The topological polar surface area (TPSA) is 74.3 Å². The number of para-hydroxylation sites is 1. The number of rotatable bonds is 6. The van der Waals surface area contributed by atoms with Crippen molar-refractivity contribution in [3.8, 4) is 11.1 Å². The minimum Gasteiger partial charge on any atom is -0.338 e. The van der Waals surface area contributed by atoms with Crippen molar-refractivity contribution < 1.29 is 9.59 Å². The van der Waals surface area contributed by atoms with Crippen molar-refractivity contribution in [3.05, 3.63) is 70.7 Å². The van der Waals surface area contributed by atoms with Crippen molar-refractivity contribution in [1.29, 1.82) is 0 Å². The third-order valence-corrected chi connectivity index (χ3v) is 6.68. The van der Waals surface area contributed by atoms with Crippen LogP contribution in [-0.4, -0.2) is 41.5 Å². The molecule has 0 spiro atoms. The summed E-state index contributed by atoms with van der Waals surface area (Å²) in [5, 5.41) is 8.77. The fourth-order valence-corrected chi connectivity index (χ4v) is 4.87. The summed E-state index contributed by atoms with van der Waals surface area (Å²) < 4.78 is 0. The molecule has 0 atom stereocenters. The van der Waals surface area contributed by atoms with Crippen molar-refractivity contribution in [2.24, 2.45) is 0 Å². The van der Waals surface area contributed by atoms with E-state index >= 15 is 0 Å². The first-order valence-electron chi connectivity index (χ1n) is 11.1. The lowest BCUT2D eigenvalue weighted by Gasteiger charge is -2.31. The van der Waals surface area contributed by atoms with Gasteiger partial charge in [-0.1, -0.05) is 55.5 Å². The van der Waals surface area contributed by atoms with Gasteiger partial charge in [-0.05, 0) is 30.9 Å². The molecule has 0 saturated carbocycles. The molecule has 4 rings (SSSR count). The molecule has 7 heteroatoms. The summed E-state index contributed by atoms with van der Waals surface area (Å²) in [5.41, 5.74) is 3.24. The zero-order valence-electron chi connectivity index (χ0n) is 18.2. The molecule has 2 aromatic carbocycles. The molecule has 0 aliphatic carbocycles. The van der Waals surface area contributed by atoms with Gasteiger partial charge in [0.15, 0.2) is 0 Å². The molecule has 166 valence electrons. The summed E-state index contributed by atoms with van der Waals surface area (Å²) in [5.74, 6) is 0.0839. The number of piperidine rings is 1. The molecule has 1 aliphatic heterocycles. The molecule has 3 aromatic rings. The van der Waals surface area contributed by atoms with E-state index in [0.29, 0.717) is 25.3 Å². The molecule has 1 aliphatic rings. The van der Waals surface area contributed by atoms with Crippen LogP contribution in [0.25, 0.3) is 11.1 Å². The predicted molar refractivity (Wildman–Crippen MR) is 129 cm³/mol. The SMILES string of the molecule is CCCNC(=O)N1CCC(c2nc(C(=O)Nc3ccccc3-c3ccccc3)cs2)CC1. The molecule has 3 amide bonds. The normalized spacial score (nSPS) is 14.2. The molecule has 32 heavy (non-hydrogen) atoms. The Balaban J connectivity index is 1.39. The second-order valence-electron chi connectivity index (χ2n) is 7.93. The Morgan fingerprint density at radius 3 is 2.53 bits per heavy atom. The Morgan fingerprint density at radius 1 is 1.06 bits per heavy atom. The van der Waals surface area contributed by atoms with Gasteiger partial charge in [-0.3, -0.25) is 4.79 Å². The van der Waals surface area contributed by atoms with Gasteiger partial charge in [0.2, 0.25) is 0 Å². The van der Waals surface area contributed by atoms with Gasteiger partial charge >= 0.3 is 6.03 Å². The largest absolute Gasteiger partial charge is 0.338 e. The summed E-state index contributed by atoms with van der Waals surface area (Å²) in [6.07, 6.45) is 2.66. The minimum atomic E-state index is -0.202. The lowest BCUT2D eigenvalue weighted by Crippen LogP contribution is -2.44. The number of anilines is 1. The summed E-state index contributed by atoms with van der Waals surface area (Å²) in [4.78, 5) is 31.6. The third kappa shape index (κ3) is 5.16. The maximum absolute atomic E-state index is 12.9. The fourth-order valence-electron chi connectivity index (χ4n) is 3.90. The second kappa shape index (κ2) is 10.4. The number of nitrogens with one attached hydrogen (secondary N) is 2. The van der Waals surface area contributed by atoms with E-state index in [9.17, 15) is 9.59 Å². The highest BCUT2D eigenvalue weighted by Gasteiger charge is 2.26. The highest BCUT2D eigenvalue weighted by Crippen LogP contribution is 2.31. The summed E-state index contributed by atoms with van der Waals surface area (Å²) in [7, 11) is 0. The number of urea groups is 1. The quantitative estimate of drug-likeness (QED) is 0.533. The fraction of sp³-hybridized carbons (Fsp3) is 0.320. The van der Waals surface area contributed by atoms with Gasteiger partial charge in [-0.15, -0.1) is 11.3 Å². The maximum atomic E-state index is 12.9. The number of benzene rings is 2. The van der Waals surface area contributed by atoms with Crippen LogP contribution < -0.4 is 10.6 Å². The molecule has 2 N–H and O–H groups in total. The number of nitrogens with zero attached hydrogens (tertiary/aromatic N) is 2. The Hall–Kier alpha value is -3.19. The Labute approximate surface area is 192 Å². The number of likely N-dealkylation sites (tertiary alicyclic amines) is 1. The Morgan fingerprint density at radius 2 is 1.78 bits per heavy atom. The van der Waals surface area contributed by atoms with Crippen LogP contribution in [0.3, 0.4) is 0 Å². The minimum absolute atomic E-state index is 0.0154.